The maximum Gasteiger partial charge on any atom is 0.287 e. The molecule has 0 N–H and O–H groups in total. The Morgan fingerprint density at radius 3 is 2.42 bits per heavy atom. The van der Waals surface area contributed by atoms with Crippen molar-refractivity contribution in [3.8, 4) is 34.3 Å². The summed E-state index contributed by atoms with van der Waals surface area (Å²) >= 11 is 1.78. The monoisotopic (exact) mass is 483 g/mol. The van der Waals surface area contributed by atoms with Crippen molar-refractivity contribution in [2.75, 3.05) is 0 Å². The molecule has 0 unspecified atom stereocenters. The first kappa shape index (κ1) is 20.1. The summed E-state index contributed by atoms with van der Waals surface area (Å²) in [4.78, 5) is 4.91. The summed E-state index contributed by atoms with van der Waals surface area (Å²) in [5.41, 5.74) is 8.14. The third-order valence-electron chi connectivity index (χ3n) is 7.42. The number of para-hydroxylation sites is 1. The molecule has 0 radical (unpaired) electrons. The largest absolute Gasteiger partial charge is 0.458 e. The second kappa shape index (κ2) is 7.18. The molecule has 36 heavy (non-hydrogen) atoms. The van der Waals surface area contributed by atoms with Crippen molar-refractivity contribution < 1.29 is 14.0 Å². The molecule has 0 saturated heterocycles. The van der Waals surface area contributed by atoms with E-state index in [9.17, 15) is 0 Å². The van der Waals surface area contributed by atoms with Gasteiger partial charge < -0.3 is 9.47 Å². The van der Waals surface area contributed by atoms with Gasteiger partial charge in [0, 0.05) is 21.1 Å². The molecule has 170 valence electrons. The van der Waals surface area contributed by atoms with Crippen molar-refractivity contribution in [2.45, 2.75) is 6.92 Å². The molecular formula is C30H20BN2O2S+. The predicted octanol–water partition coefficient (Wildman–Crippen LogP) is 4.98. The van der Waals surface area contributed by atoms with Crippen molar-refractivity contribution in [3.05, 3.63) is 90.8 Å². The third-order valence-corrected chi connectivity index (χ3v) is 8.57. The zero-order valence-corrected chi connectivity index (χ0v) is 20.6. The molecule has 0 atom stereocenters. The lowest BCUT2D eigenvalue weighted by atomic mass is 9.35. The molecule has 0 spiro atoms. The summed E-state index contributed by atoms with van der Waals surface area (Å²) < 4.78 is 17.3. The van der Waals surface area contributed by atoms with Gasteiger partial charge in [0.2, 0.25) is 5.52 Å². The van der Waals surface area contributed by atoms with Crippen LogP contribution in [-0.2, 0) is 7.05 Å². The van der Waals surface area contributed by atoms with E-state index in [1.165, 1.54) is 31.7 Å². The van der Waals surface area contributed by atoms with Crippen LogP contribution in [0, 0.1) is 6.92 Å². The summed E-state index contributed by atoms with van der Waals surface area (Å²) in [6.07, 6.45) is 1.93. The fourth-order valence-corrected chi connectivity index (χ4v) is 7.02. The van der Waals surface area contributed by atoms with E-state index >= 15 is 0 Å². The summed E-state index contributed by atoms with van der Waals surface area (Å²) in [6.45, 7) is 2.22. The highest BCUT2D eigenvalue weighted by Gasteiger charge is 2.40. The molecule has 4 heterocycles. The number of fused-ring (bicyclic) bond motifs is 7. The second-order valence-corrected chi connectivity index (χ2v) is 10.6. The van der Waals surface area contributed by atoms with Crippen LogP contribution in [0.1, 0.15) is 5.56 Å². The van der Waals surface area contributed by atoms with Gasteiger partial charge in [0.1, 0.15) is 27.7 Å². The van der Waals surface area contributed by atoms with E-state index in [0.29, 0.717) is 0 Å². The lowest BCUT2D eigenvalue weighted by Gasteiger charge is -2.32. The SMILES string of the molecule is Cc1ccccc1-c1c2sc3cc4c(cc3c2nc[n+]1C)B1c2ccccc2Oc2cccc(c21)O4. The third kappa shape index (κ3) is 2.65. The molecule has 4 aromatic carbocycles. The first-order chi connectivity index (χ1) is 17.7. The van der Waals surface area contributed by atoms with Crippen LogP contribution < -0.4 is 30.4 Å². The molecule has 2 aliphatic rings. The van der Waals surface area contributed by atoms with Crippen LogP contribution >= 0.6 is 11.3 Å². The standard InChI is InChI=1S/C30H20BN2O2S/c1-17-8-3-4-9-18(17)29-30-28(32-16-33(29)2)19-14-21-25(15-26(19)36-30)35-24-13-7-12-23-27(24)31(21)20-10-5-6-11-22(20)34-23/h3-16H,1-2H3/q+1. The highest BCUT2D eigenvalue weighted by atomic mass is 32.1. The normalized spacial score (nSPS) is 13.1. The molecule has 0 bridgehead atoms. The molecule has 8 rings (SSSR count). The molecule has 6 heteroatoms. The van der Waals surface area contributed by atoms with Gasteiger partial charge in [-0.25, -0.2) is 4.57 Å². The van der Waals surface area contributed by atoms with E-state index in [2.05, 4.69) is 73.1 Å². The van der Waals surface area contributed by atoms with Crippen LogP contribution in [0.15, 0.2) is 85.2 Å². The van der Waals surface area contributed by atoms with E-state index in [1.54, 1.807) is 11.3 Å². The topological polar surface area (TPSA) is 35.2 Å². The van der Waals surface area contributed by atoms with Gasteiger partial charge in [-0.3, -0.25) is 0 Å². The van der Waals surface area contributed by atoms with Crippen LogP contribution in [0.5, 0.6) is 23.0 Å². The number of hydrogen-bond donors (Lipinski definition) is 0. The molecule has 0 fully saturated rings. The molecule has 6 aromatic rings. The summed E-state index contributed by atoms with van der Waals surface area (Å²) in [5.74, 6) is 3.54. The van der Waals surface area contributed by atoms with Crippen molar-refractivity contribution in [2.24, 2.45) is 7.05 Å². The number of nitrogens with zero attached hydrogens (tertiary/aromatic N) is 2. The number of thiophene rings is 1. The van der Waals surface area contributed by atoms with Gasteiger partial charge in [-0.1, -0.05) is 54.6 Å². The van der Waals surface area contributed by atoms with Gasteiger partial charge in [-0.2, -0.15) is 0 Å². The second-order valence-electron chi connectivity index (χ2n) is 9.53. The van der Waals surface area contributed by atoms with E-state index in [4.69, 9.17) is 14.5 Å². The number of rotatable bonds is 1. The van der Waals surface area contributed by atoms with Crippen molar-refractivity contribution in [1.82, 2.24) is 4.98 Å². The fraction of sp³-hybridized carbons (Fsp3) is 0.0667. The number of aromatic nitrogens is 2. The average Bonchev–Trinajstić information content (AvgIpc) is 3.25. The average molecular weight is 483 g/mol. The van der Waals surface area contributed by atoms with Crippen molar-refractivity contribution in [3.63, 3.8) is 0 Å². The zero-order valence-electron chi connectivity index (χ0n) is 19.8. The maximum atomic E-state index is 6.50. The molecular weight excluding hydrogens is 463 g/mol. The smallest absolute Gasteiger partial charge is 0.287 e. The van der Waals surface area contributed by atoms with Gasteiger partial charge in [0.05, 0.1) is 7.05 Å². The minimum Gasteiger partial charge on any atom is -0.458 e. The molecule has 2 aliphatic heterocycles. The van der Waals surface area contributed by atoms with Crippen LogP contribution in [-0.4, -0.2) is 11.7 Å². The van der Waals surface area contributed by atoms with Gasteiger partial charge in [-0.05, 0) is 52.7 Å². The van der Waals surface area contributed by atoms with Crippen LogP contribution in [0.4, 0.5) is 0 Å². The quantitative estimate of drug-likeness (QED) is 0.244. The number of hydrogen-bond acceptors (Lipinski definition) is 4. The highest BCUT2D eigenvalue weighted by molar-refractivity contribution is 7.26. The van der Waals surface area contributed by atoms with Crippen molar-refractivity contribution in [1.29, 1.82) is 0 Å². The Balaban J connectivity index is 1.43. The highest BCUT2D eigenvalue weighted by Crippen LogP contribution is 2.41. The summed E-state index contributed by atoms with van der Waals surface area (Å²) in [6, 6.07) is 27.4. The Bertz CT molecular complexity index is 1890. The van der Waals surface area contributed by atoms with Gasteiger partial charge in [-0.15, -0.1) is 11.3 Å². The Hall–Kier alpha value is -4.16. The van der Waals surface area contributed by atoms with Gasteiger partial charge in [0.25, 0.3) is 13.0 Å². The zero-order chi connectivity index (χ0) is 24.0. The van der Waals surface area contributed by atoms with Crippen LogP contribution in [0.25, 0.3) is 31.6 Å². The number of ether oxygens (including phenoxy) is 2. The Morgan fingerprint density at radius 2 is 1.56 bits per heavy atom. The molecule has 2 aromatic heterocycles. The first-order valence-electron chi connectivity index (χ1n) is 12.1. The number of aryl methyl sites for hydroxylation is 2. The van der Waals surface area contributed by atoms with E-state index < -0.39 is 0 Å². The van der Waals surface area contributed by atoms with E-state index in [-0.39, 0.29) is 6.71 Å². The van der Waals surface area contributed by atoms with E-state index in [0.717, 1.165) is 44.8 Å². The summed E-state index contributed by atoms with van der Waals surface area (Å²) in [5, 5.41) is 1.16. The summed E-state index contributed by atoms with van der Waals surface area (Å²) in [7, 11) is 2.07. The Kier molecular flexibility index (Phi) is 4.01. The molecule has 0 aliphatic carbocycles. The van der Waals surface area contributed by atoms with Gasteiger partial charge >= 0.3 is 0 Å². The predicted molar refractivity (Wildman–Crippen MR) is 146 cm³/mol. The van der Waals surface area contributed by atoms with Crippen molar-refractivity contribution >= 4 is 54.7 Å². The fourth-order valence-electron chi connectivity index (χ4n) is 5.76. The maximum absolute atomic E-state index is 6.50. The molecule has 4 nitrogen and oxygen atoms in total. The molecule has 0 saturated carbocycles. The lowest BCUT2D eigenvalue weighted by molar-refractivity contribution is -0.662. The number of benzene rings is 4. The lowest BCUT2D eigenvalue weighted by Crippen LogP contribution is -2.57. The van der Waals surface area contributed by atoms with Crippen LogP contribution in [0.2, 0.25) is 0 Å². The first-order valence-corrected chi connectivity index (χ1v) is 12.9. The Morgan fingerprint density at radius 1 is 0.806 bits per heavy atom. The van der Waals surface area contributed by atoms with Gasteiger partial charge in [0.15, 0.2) is 5.69 Å². The Labute approximate surface area is 212 Å². The minimum atomic E-state index is 0.0555. The molecule has 0 amide bonds. The minimum absolute atomic E-state index is 0.0555. The van der Waals surface area contributed by atoms with Crippen LogP contribution in [0.3, 0.4) is 0 Å². The van der Waals surface area contributed by atoms with E-state index in [1.807, 2.05) is 30.6 Å².